The lowest BCUT2D eigenvalue weighted by Gasteiger charge is -2.18. The lowest BCUT2D eigenvalue weighted by Crippen LogP contribution is -2.17. The maximum absolute atomic E-state index is 5.69. The highest BCUT2D eigenvalue weighted by molar-refractivity contribution is 5.66. The Balaban J connectivity index is 1.50. The van der Waals surface area contributed by atoms with Gasteiger partial charge in [-0.15, -0.1) is 0 Å². The molecule has 0 unspecified atom stereocenters. The second-order valence-corrected chi connectivity index (χ2v) is 7.14. The average molecular weight is 390 g/mol. The smallest absolute Gasteiger partial charge is 0.229 e. The van der Waals surface area contributed by atoms with Crippen molar-refractivity contribution in [2.75, 3.05) is 35.2 Å². The number of ether oxygens (including phenoxy) is 1. The molecule has 6 nitrogen and oxygen atoms in total. The summed E-state index contributed by atoms with van der Waals surface area (Å²) >= 11 is 0. The summed E-state index contributed by atoms with van der Waals surface area (Å²) in [7, 11) is 0. The van der Waals surface area contributed by atoms with Crippen LogP contribution in [0.15, 0.2) is 54.6 Å². The highest BCUT2D eigenvalue weighted by Gasteiger charge is 2.12. The third-order valence-electron chi connectivity index (χ3n) is 4.90. The maximum atomic E-state index is 5.69. The van der Waals surface area contributed by atoms with Gasteiger partial charge in [-0.1, -0.05) is 12.1 Å². The zero-order valence-corrected chi connectivity index (χ0v) is 17.0. The number of rotatable bonds is 7. The van der Waals surface area contributed by atoms with E-state index in [1.54, 1.807) is 0 Å². The Hall–Kier alpha value is -3.28. The summed E-state index contributed by atoms with van der Waals surface area (Å²) in [5.74, 6) is 2.09. The molecule has 6 heteroatoms. The Morgan fingerprint density at radius 3 is 2.48 bits per heavy atom. The molecule has 0 saturated carbocycles. The van der Waals surface area contributed by atoms with Crippen LogP contribution in [0.3, 0.4) is 0 Å². The molecule has 2 N–H and O–H groups in total. The molecule has 1 aliphatic heterocycles. The summed E-state index contributed by atoms with van der Waals surface area (Å²) in [6.07, 6.45) is 2.55. The van der Waals surface area contributed by atoms with E-state index in [0.717, 1.165) is 41.7 Å². The summed E-state index contributed by atoms with van der Waals surface area (Å²) in [5, 5.41) is 6.66. The minimum absolute atomic E-state index is 0.565. The van der Waals surface area contributed by atoms with Crippen molar-refractivity contribution in [2.45, 2.75) is 26.7 Å². The van der Waals surface area contributed by atoms with E-state index >= 15 is 0 Å². The molecule has 0 atom stereocenters. The fraction of sp³-hybridized carbons (Fsp3) is 0.304. The van der Waals surface area contributed by atoms with Crippen LogP contribution in [0.25, 0.3) is 0 Å². The molecule has 3 aromatic rings. The van der Waals surface area contributed by atoms with Crippen molar-refractivity contribution in [1.29, 1.82) is 0 Å². The quantitative estimate of drug-likeness (QED) is 0.574. The number of hydrogen-bond acceptors (Lipinski definition) is 6. The van der Waals surface area contributed by atoms with Crippen LogP contribution in [0, 0.1) is 6.92 Å². The second kappa shape index (κ2) is 8.82. The number of hydrogen-bond donors (Lipinski definition) is 2. The van der Waals surface area contributed by atoms with Gasteiger partial charge in [-0.05, 0) is 63.1 Å². The van der Waals surface area contributed by atoms with Crippen LogP contribution in [0.1, 0.15) is 25.5 Å². The zero-order valence-electron chi connectivity index (χ0n) is 17.0. The molecule has 0 spiro atoms. The minimum atomic E-state index is 0.565. The SMILES string of the molecule is CCOc1ccccc1Nc1cc(C)nc(Nc2ccc(N3CCCC3)cc2)n1. The summed E-state index contributed by atoms with van der Waals surface area (Å²) in [4.78, 5) is 11.6. The van der Waals surface area contributed by atoms with Crippen molar-refractivity contribution in [2.24, 2.45) is 0 Å². The molecule has 2 heterocycles. The predicted octanol–water partition coefficient (Wildman–Crippen LogP) is 5.27. The van der Waals surface area contributed by atoms with Crippen LogP contribution >= 0.6 is 0 Å². The van der Waals surface area contributed by atoms with Crippen molar-refractivity contribution < 1.29 is 4.74 Å². The van der Waals surface area contributed by atoms with E-state index < -0.39 is 0 Å². The number of aryl methyl sites for hydroxylation is 1. The number of para-hydroxylation sites is 2. The van der Waals surface area contributed by atoms with Gasteiger partial charge in [0.15, 0.2) is 0 Å². The van der Waals surface area contributed by atoms with Gasteiger partial charge in [0.1, 0.15) is 11.6 Å². The van der Waals surface area contributed by atoms with Gasteiger partial charge in [-0.2, -0.15) is 4.98 Å². The average Bonchev–Trinajstić information content (AvgIpc) is 3.25. The van der Waals surface area contributed by atoms with E-state index in [1.807, 2.05) is 44.2 Å². The van der Waals surface area contributed by atoms with Gasteiger partial charge in [-0.25, -0.2) is 4.98 Å². The van der Waals surface area contributed by atoms with Crippen LogP contribution in [0.2, 0.25) is 0 Å². The summed E-state index contributed by atoms with van der Waals surface area (Å²) < 4.78 is 5.69. The second-order valence-electron chi connectivity index (χ2n) is 7.14. The van der Waals surface area contributed by atoms with E-state index in [4.69, 9.17) is 4.74 Å². The van der Waals surface area contributed by atoms with Crippen molar-refractivity contribution >= 4 is 28.8 Å². The van der Waals surface area contributed by atoms with Crippen LogP contribution in [0.4, 0.5) is 28.8 Å². The van der Waals surface area contributed by atoms with E-state index in [0.29, 0.717) is 12.6 Å². The van der Waals surface area contributed by atoms with Crippen LogP contribution in [-0.4, -0.2) is 29.7 Å². The van der Waals surface area contributed by atoms with Gasteiger partial charge in [0.25, 0.3) is 0 Å². The molecule has 29 heavy (non-hydrogen) atoms. The molecular formula is C23H27N5O. The Kier molecular flexibility index (Phi) is 5.79. The third-order valence-corrected chi connectivity index (χ3v) is 4.90. The van der Waals surface area contributed by atoms with Crippen LogP contribution < -0.4 is 20.3 Å². The van der Waals surface area contributed by atoms with Gasteiger partial charge in [0.05, 0.1) is 12.3 Å². The molecule has 0 aliphatic carbocycles. The van der Waals surface area contributed by atoms with E-state index in [1.165, 1.54) is 18.5 Å². The van der Waals surface area contributed by atoms with Crippen LogP contribution in [0.5, 0.6) is 5.75 Å². The van der Waals surface area contributed by atoms with Crippen molar-refractivity contribution in [1.82, 2.24) is 9.97 Å². The Morgan fingerprint density at radius 1 is 0.966 bits per heavy atom. The number of aromatic nitrogens is 2. The van der Waals surface area contributed by atoms with E-state index in [-0.39, 0.29) is 0 Å². The van der Waals surface area contributed by atoms with E-state index in [2.05, 4.69) is 49.8 Å². The van der Waals surface area contributed by atoms with Gasteiger partial charge >= 0.3 is 0 Å². The molecule has 1 aromatic heterocycles. The first kappa shape index (κ1) is 19.1. The maximum Gasteiger partial charge on any atom is 0.229 e. The molecule has 2 aromatic carbocycles. The van der Waals surface area contributed by atoms with Gasteiger partial charge < -0.3 is 20.3 Å². The number of nitrogens with one attached hydrogen (secondary N) is 2. The van der Waals surface area contributed by atoms with E-state index in [9.17, 15) is 0 Å². The lowest BCUT2D eigenvalue weighted by molar-refractivity contribution is 0.342. The summed E-state index contributed by atoms with van der Waals surface area (Å²) in [6.45, 7) is 6.84. The van der Waals surface area contributed by atoms with Gasteiger partial charge in [0.2, 0.25) is 5.95 Å². The first-order valence-electron chi connectivity index (χ1n) is 10.2. The molecule has 1 fully saturated rings. The molecule has 0 radical (unpaired) electrons. The molecule has 150 valence electrons. The highest BCUT2D eigenvalue weighted by atomic mass is 16.5. The molecule has 1 aliphatic rings. The van der Waals surface area contributed by atoms with Crippen molar-refractivity contribution in [3.8, 4) is 5.75 Å². The number of nitrogens with zero attached hydrogens (tertiary/aromatic N) is 3. The Morgan fingerprint density at radius 2 is 1.72 bits per heavy atom. The summed E-state index contributed by atoms with van der Waals surface area (Å²) in [5.41, 5.74) is 4.01. The fourth-order valence-electron chi connectivity index (χ4n) is 3.54. The normalized spacial score (nSPS) is 13.4. The standard InChI is InChI=1S/C23H27N5O/c1-3-29-21-9-5-4-8-20(21)26-22-16-17(2)24-23(27-22)25-18-10-12-19(13-11-18)28-14-6-7-15-28/h4-5,8-13,16H,3,6-7,14-15H2,1-2H3,(H2,24,25,26,27). The topological polar surface area (TPSA) is 62.3 Å². The molecule has 0 amide bonds. The molecular weight excluding hydrogens is 362 g/mol. The fourth-order valence-corrected chi connectivity index (χ4v) is 3.54. The largest absolute Gasteiger partial charge is 0.492 e. The molecule has 1 saturated heterocycles. The Bertz CT molecular complexity index is 952. The first-order chi connectivity index (χ1) is 14.2. The zero-order chi connectivity index (χ0) is 20.1. The minimum Gasteiger partial charge on any atom is -0.492 e. The number of benzene rings is 2. The molecule has 0 bridgehead atoms. The lowest BCUT2D eigenvalue weighted by atomic mass is 10.2. The third kappa shape index (κ3) is 4.77. The predicted molar refractivity (Wildman–Crippen MR) is 119 cm³/mol. The van der Waals surface area contributed by atoms with Crippen molar-refractivity contribution in [3.05, 3.63) is 60.3 Å². The van der Waals surface area contributed by atoms with Gasteiger partial charge in [-0.3, -0.25) is 0 Å². The Labute approximate surface area is 172 Å². The van der Waals surface area contributed by atoms with Crippen molar-refractivity contribution in [3.63, 3.8) is 0 Å². The first-order valence-corrected chi connectivity index (χ1v) is 10.2. The monoisotopic (exact) mass is 389 g/mol. The van der Waals surface area contributed by atoms with Gasteiger partial charge in [0, 0.05) is 36.2 Å². The summed E-state index contributed by atoms with van der Waals surface area (Å²) in [6, 6.07) is 18.2. The van der Waals surface area contributed by atoms with Crippen LogP contribution in [-0.2, 0) is 0 Å². The number of anilines is 5. The highest BCUT2D eigenvalue weighted by Crippen LogP contribution is 2.28. The molecule has 4 rings (SSSR count).